The number of nitrogens with one attached hydrogen (secondary N) is 1. The molecule has 1 fully saturated rings. The molecule has 1 saturated heterocycles. The van der Waals surface area contributed by atoms with Crippen LogP contribution in [-0.4, -0.2) is 75.9 Å². The van der Waals surface area contributed by atoms with Crippen molar-refractivity contribution in [3.63, 3.8) is 0 Å². The molecular formula is C29H26N6O6S. The van der Waals surface area contributed by atoms with E-state index in [4.69, 9.17) is 9.15 Å². The Kier molecular flexibility index (Phi) is 7.75. The highest BCUT2D eigenvalue weighted by molar-refractivity contribution is 7.03. The minimum atomic E-state index is -1.23. The van der Waals surface area contributed by atoms with Crippen LogP contribution in [0.15, 0.2) is 76.7 Å². The fraction of sp³-hybridized carbons (Fsp3) is 0.241. The Hall–Kier alpha value is -4.88. The minimum Gasteiger partial charge on any atom is -0.467 e. The van der Waals surface area contributed by atoms with Crippen molar-refractivity contribution in [3.8, 4) is 0 Å². The van der Waals surface area contributed by atoms with Crippen LogP contribution in [0, 0.1) is 0 Å². The van der Waals surface area contributed by atoms with E-state index in [1.54, 1.807) is 53.9 Å². The summed E-state index contributed by atoms with van der Waals surface area (Å²) in [5.74, 6) is -1.92. The third kappa shape index (κ3) is 5.51. The third-order valence-electron chi connectivity index (χ3n) is 7.13. The maximum absolute atomic E-state index is 13.9. The summed E-state index contributed by atoms with van der Waals surface area (Å²) in [7, 11) is 0. The zero-order chi connectivity index (χ0) is 29.1. The lowest BCUT2D eigenvalue weighted by molar-refractivity contribution is -0.140. The molecule has 1 N–H and O–H groups in total. The van der Waals surface area contributed by atoms with Crippen LogP contribution in [0.3, 0.4) is 0 Å². The Morgan fingerprint density at radius 2 is 1.69 bits per heavy atom. The lowest BCUT2D eigenvalue weighted by atomic mass is 10.1. The zero-order valence-corrected chi connectivity index (χ0v) is 23.2. The average molecular weight is 587 g/mol. The number of carbonyl (C=O) groups excluding carboxylic acids is 4. The topological polar surface area (TPSA) is 138 Å². The van der Waals surface area contributed by atoms with Gasteiger partial charge in [-0.2, -0.15) is 0 Å². The number of ether oxygens (including phenoxy) is 1. The summed E-state index contributed by atoms with van der Waals surface area (Å²) < 4.78 is 14.8. The van der Waals surface area contributed by atoms with E-state index in [1.807, 2.05) is 12.1 Å². The minimum absolute atomic E-state index is 0.111. The van der Waals surface area contributed by atoms with E-state index in [0.717, 1.165) is 35.2 Å². The predicted octanol–water partition coefficient (Wildman–Crippen LogP) is 2.97. The van der Waals surface area contributed by atoms with Crippen LogP contribution in [-0.2, 0) is 20.9 Å². The summed E-state index contributed by atoms with van der Waals surface area (Å²) in [4.78, 5) is 58.1. The number of fused-ring (bicyclic) bond motifs is 1. The Morgan fingerprint density at radius 3 is 2.31 bits per heavy atom. The largest absolute Gasteiger partial charge is 0.467 e. The maximum Gasteiger partial charge on any atom is 0.262 e. The van der Waals surface area contributed by atoms with Crippen LogP contribution in [0.4, 0.5) is 11.4 Å². The molecule has 1 unspecified atom stereocenters. The fourth-order valence-electron chi connectivity index (χ4n) is 5.02. The number of furan rings is 1. The molecule has 12 nitrogen and oxygen atoms in total. The first-order valence-electron chi connectivity index (χ1n) is 13.3. The molecule has 13 heteroatoms. The number of amides is 4. The lowest BCUT2D eigenvalue weighted by Gasteiger charge is -2.30. The van der Waals surface area contributed by atoms with Crippen molar-refractivity contribution in [3.05, 3.63) is 94.9 Å². The molecule has 2 aromatic carbocycles. The van der Waals surface area contributed by atoms with Gasteiger partial charge in [0, 0.05) is 29.8 Å². The van der Waals surface area contributed by atoms with Crippen molar-refractivity contribution < 1.29 is 28.3 Å². The number of hydrogen-bond donors (Lipinski definition) is 1. The summed E-state index contributed by atoms with van der Waals surface area (Å²) in [5.41, 5.74) is 2.23. The molecule has 0 saturated carbocycles. The van der Waals surface area contributed by atoms with Gasteiger partial charge in [0.15, 0.2) is 6.04 Å². The Labute approximate surface area is 244 Å². The van der Waals surface area contributed by atoms with E-state index < -0.39 is 36.2 Å². The van der Waals surface area contributed by atoms with Crippen LogP contribution in [0.2, 0.25) is 0 Å². The van der Waals surface area contributed by atoms with E-state index in [-0.39, 0.29) is 23.4 Å². The van der Waals surface area contributed by atoms with Crippen molar-refractivity contribution in [2.45, 2.75) is 12.6 Å². The van der Waals surface area contributed by atoms with Crippen LogP contribution in [0.5, 0.6) is 0 Å². The standard InChI is InChI=1S/C29H26N6O6S/c36-25(17-35-28(38)22-5-1-2-6-23(22)29(35)39)34(16-21-4-3-13-41-21)26(24-18-42-32-31-24)27(37)30-19-7-9-20(10-8-19)33-11-14-40-15-12-33/h1-10,13,18,26H,11-12,14-17H2,(H,30,37). The van der Waals surface area contributed by atoms with Crippen molar-refractivity contribution in [1.82, 2.24) is 19.4 Å². The fourth-order valence-corrected chi connectivity index (χ4v) is 5.49. The molecule has 0 spiro atoms. The van der Waals surface area contributed by atoms with Crippen LogP contribution in [0.1, 0.15) is 38.2 Å². The molecule has 2 aliphatic rings. The summed E-state index contributed by atoms with van der Waals surface area (Å²) >= 11 is 1.03. The normalized spacial score (nSPS) is 15.4. The quantitative estimate of drug-likeness (QED) is 0.293. The first kappa shape index (κ1) is 27.3. The highest BCUT2D eigenvalue weighted by Gasteiger charge is 2.40. The molecule has 4 heterocycles. The van der Waals surface area contributed by atoms with Crippen molar-refractivity contribution in [1.29, 1.82) is 0 Å². The number of carbonyl (C=O) groups is 4. The van der Waals surface area contributed by atoms with E-state index in [9.17, 15) is 19.2 Å². The molecular weight excluding hydrogens is 560 g/mol. The van der Waals surface area contributed by atoms with Gasteiger partial charge in [0.25, 0.3) is 17.7 Å². The van der Waals surface area contributed by atoms with Crippen LogP contribution in [0.25, 0.3) is 0 Å². The molecule has 42 heavy (non-hydrogen) atoms. The lowest BCUT2D eigenvalue weighted by Crippen LogP contribution is -2.46. The molecule has 2 aromatic heterocycles. The molecule has 0 radical (unpaired) electrons. The number of benzene rings is 2. The third-order valence-corrected chi connectivity index (χ3v) is 7.65. The molecule has 4 aromatic rings. The number of nitrogens with zero attached hydrogens (tertiary/aromatic N) is 5. The van der Waals surface area contributed by atoms with Crippen molar-refractivity contribution in [2.24, 2.45) is 0 Å². The average Bonchev–Trinajstić information content (AvgIpc) is 3.78. The molecule has 6 rings (SSSR count). The first-order valence-corrected chi connectivity index (χ1v) is 14.1. The molecule has 4 amide bonds. The van der Waals surface area contributed by atoms with Gasteiger partial charge in [0.1, 0.15) is 18.0 Å². The summed E-state index contributed by atoms with van der Waals surface area (Å²) in [6, 6.07) is 15.9. The number of rotatable bonds is 9. The molecule has 1 atom stereocenters. The van der Waals surface area contributed by atoms with E-state index in [0.29, 0.717) is 24.7 Å². The summed E-state index contributed by atoms with van der Waals surface area (Å²) in [6.45, 7) is 2.19. The van der Waals surface area contributed by atoms with Crippen LogP contribution >= 0.6 is 11.5 Å². The van der Waals surface area contributed by atoms with Gasteiger partial charge in [-0.05, 0) is 60.1 Å². The van der Waals surface area contributed by atoms with Gasteiger partial charge in [-0.3, -0.25) is 24.1 Å². The number of imide groups is 1. The summed E-state index contributed by atoms with van der Waals surface area (Å²) in [6.07, 6.45) is 1.46. The smallest absolute Gasteiger partial charge is 0.262 e. The highest BCUT2D eigenvalue weighted by Crippen LogP contribution is 2.28. The number of morpholine rings is 1. The van der Waals surface area contributed by atoms with Gasteiger partial charge in [0.2, 0.25) is 5.91 Å². The van der Waals surface area contributed by atoms with E-state index in [2.05, 4.69) is 19.8 Å². The number of aromatic nitrogens is 2. The van der Waals surface area contributed by atoms with Gasteiger partial charge in [0.05, 0.1) is 37.1 Å². The Morgan fingerprint density at radius 1 is 0.976 bits per heavy atom. The first-order chi connectivity index (χ1) is 20.5. The monoisotopic (exact) mass is 586 g/mol. The van der Waals surface area contributed by atoms with Gasteiger partial charge in [-0.25, -0.2) is 0 Å². The van der Waals surface area contributed by atoms with E-state index >= 15 is 0 Å². The maximum atomic E-state index is 13.9. The number of hydrogen-bond acceptors (Lipinski definition) is 10. The second-order valence-electron chi connectivity index (χ2n) is 9.71. The second-order valence-corrected chi connectivity index (χ2v) is 10.3. The van der Waals surface area contributed by atoms with Gasteiger partial charge < -0.3 is 24.3 Å². The SMILES string of the molecule is O=C(Nc1ccc(N2CCOCC2)cc1)C(c1csnn1)N(Cc1ccco1)C(=O)CN1C(=O)c2ccccc2C1=O. The molecule has 2 aliphatic heterocycles. The Bertz CT molecular complexity index is 1550. The highest BCUT2D eigenvalue weighted by atomic mass is 32.1. The van der Waals surface area contributed by atoms with E-state index in [1.165, 1.54) is 11.2 Å². The van der Waals surface area contributed by atoms with Crippen molar-refractivity contribution >= 4 is 46.5 Å². The predicted molar refractivity (Wildman–Crippen MR) is 152 cm³/mol. The molecule has 0 aliphatic carbocycles. The van der Waals surface area contributed by atoms with Gasteiger partial charge in [-0.1, -0.05) is 16.6 Å². The van der Waals surface area contributed by atoms with Gasteiger partial charge in [-0.15, -0.1) is 5.10 Å². The summed E-state index contributed by atoms with van der Waals surface area (Å²) in [5, 5.41) is 8.56. The molecule has 214 valence electrons. The zero-order valence-electron chi connectivity index (χ0n) is 22.3. The Balaban J connectivity index is 1.26. The number of anilines is 2. The van der Waals surface area contributed by atoms with Crippen molar-refractivity contribution in [2.75, 3.05) is 43.1 Å². The second kappa shape index (κ2) is 11.9. The van der Waals surface area contributed by atoms with Gasteiger partial charge >= 0.3 is 0 Å². The van der Waals surface area contributed by atoms with Crippen LogP contribution < -0.4 is 10.2 Å². The molecule has 0 bridgehead atoms.